The molecule has 1 amide bonds. The number of aliphatic hydroxyl groups excluding tert-OH is 1. The molecule has 0 saturated heterocycles. The molecule has 1 saturated carbocycles. The average molecular weight is 300 g/mol. The van der Waals surface area contributed by atoms with Crippen molar-refractivity contribution in [2.45, 2.75) is 65.0 Å². The zero-order valence-electron chi connectivity index (χ0n) is 13.9. The van der Waals surface area contributed by atoms with Crippen molar-refractivity contribution in [2.24, 2.45) is 11.8 Å². The maximum absolute atomic E-state index is 11.7. The highest BCUT2D eigenvalue weighted by Gasteiger charge is 2.26. The molecule has 3 N–H and O–H groups in total. The van der Waals surface area contributed by atoms with E-state index in [0.717, 1.165) is 19.4 Å². The van der Waals surface area contributed by atoms with Crippen molar-refractivity contribution in [3.63, 3.8) is 0 Å². The minimum absolute atomic E-state index is 0.209. The molecule has 0 radical (unpaired) electrons. The van der Waals surface area contributed by atoms with Gasteiger partial charge in [0.05, 0.1) is 0 Å². The Morgan fingerprint density at radius 3 is 2.62 bits per heavy atom. The molecule has 21 heavy (non-hydrogen) atoms. The number of ether oxygens (including phenoxy) is 1. The number of rotatable bonds is 6. The van der Waals surface area contributed by atoms with Crippen LogP contribution in [0.2, 0.25) is 0 Å². The first-order chi connectivity index (χ1) is 9.81. The first-order valence-corrected chi connectivity index (χ1v) is 8.13. The lowest BCUT2D eigenvalue weighted by Crippen LogP contribution is -2.46. The molecule has 1 aliphatic rings. The quantitative estimate of drug-likeness (QED) is 0.704. The average Bonchev–Trinajstić information content (AvgIpc) is 2.41. The summed E-state index contributed by atoms with van der Waals surface area (Å²) in [6.45, 7) is 9.32. The zero-order valence-corrected chi connectivity index (χ0v) is 13.9. The third kappa shape index (κ3) is 7.67. The van der Waals surface area contributed by atoms with Crippen LogP contribution < -0.4 is 10.6 Å². The third-order valence-corrected chi connectivity index (χ3v) is 3.86. The summed E-state index contributed by atoms with van der Waals surface area (Å²) in [5.74, 6) is 0.712. The molecule has 0 aromatic heterocycles. The molecule has 5 heteroatoms. The predicted octanol–water partition coefficient (Wildman–Crippen LogP) is 2.29. The molecular weight excluding hydrogens is 268 g/mol. The lowest BCUT2D eigenvalue weighted by atomic mass is 9.84. The van der Waals surface area contributed by atoms with E-state index in [1.165, 1.54) is 12.8 Å². The van der Waals surface area contributed by atoms with Gasteiger partial charge in [-0.05, 0) is 45.4 Å². The second-order valence-corrected chi connectivity index (χ2v) is 7.23. The van der Waals surface area contributed by atoms with Gasteiger partial charge in [0.1, 0.15) is 5.60 Å². The summed E-state index contributed by atoms with van der Waals surface area (Å²) in [5.41, 5.74) is -0.454. The van der Waals surface area contributed by atoms with Gasteiger partial charge in [0.2, 0.25) is 0 Å². The van der Waals surface area contributed by atoms with Gasteiger partial charge in [-0.15, -0.1) is 0 Å². The van der Waals surface area contributed by atoms with Gasteiger partial charge in [0.15, 0.2) is 0 Å². The molecule has 0 bridgehead atoms. The van der Waals surface area contributed by atoms with Gasteiger partial charge in [0.25, 0.3) is 0 Å². The van der Waals surface area contributed by atoms with Gasteiger partial charge >= 0.3 is 6.09 Å². The fourth-order valence-corrected chi connectivity index (χ4v) is 2.67. The minimum atomic E-state index is -0.454. The van der Waals surface area contributed by atoms with Gasteiger partial charge in [-0.3, -0.25) is 0 Å². The van der Waals surface area contributed by atoms with Crippen molar-refractivity contribution >= 4 is 6.09 Å². The molecule has 0 aromatic carbocycles. The summed E-state index contributed by atoms with van der Waals surface area (Å²) >= 11 is 0. The van der Waals surface area contributed by atoms with Crippen LogP contribution in [0.15, 0.2) is 0 Å². The summed E-state index contributed by atoms with van der Waals surface area (Å²) in [5, 5.41) is 15.5. The van der Waals surface area contributed by atoms with Crippen molar-refractivity contribution < 1.29 is 14.6 Å². The van der Waals surface area contributed by atoms with E-state index < -0.39 is 5.60 Å². The van der Waals surface area contributed by atoms with Crippen molar-refractivity contribution in [1.29, 1.82) is 0 Å². The van der Waals surface area contributed by atoms with Crippen LogP contribution in [0.1, 0.15) is 53.4 Å². The highest BCUT2D eigenvalue weighted by molar-refractivity contribution is 5.67. The van der Waals surface area contributed by atoms with Gasteiger partial charge in [-0.25, -0.2) is 4.79 Å². The molecule has 1 aliphatic carbocycles. The molecule has 1 fully saturated rings. The third-order valence-electron chi connectivity index (χ3n) is 3.86. The topological polar surface area (TPSA) is 70.6 Å². The number of hydrogen-bond donors (Lipinski definition) is 3. The molecular formula is C16H32N2O3. The summed E-state index contributed by atoms with van der Waals surface area (Å²) in [6, 6.07) is 0.419. The van der Waals surface area contributed by atoms with Crippen molar-refractivity contribution in [3.8, 4) is 0 Å². The highest BCUT2D eigenvalue weighted by atomic mass is 16.6. The maximum atomic E-state index is 11.7. The Morgan fingerprint density at radius 2 is 2.00 bits per heavy atom. The number of carbonyl (C=O) groups excluding carboxylic acids is 1. The van der Waals surface area contributed by atoms with Crippen molar-refractivity contribution in [3.05, 3.63) is 0 Å². The Balaban J connectivity index is 2.37. The Labute approximate surface area is 128 Å². The molecule has 5 nitrogen and oxygen atoms in total. The SMILES string of the molecule is CC(CO)CNC1CCCCC1CNC(=O)OC(C)(C)C. The van der Waals surface area contributed by atoms with Crippen LogP contribution in [-0.2, 0) is 4.74 Å². The van der Waals surface area contributed by atoms with Crippen LogP contribution in [-0.4, -0.2) is 42.5 Å². The molecule has 1 rings (SSSR count). The van der Waals surface area contributed by atoms with Crippen LogP contribution >= 0.6 is 0 Å². The highest BCUT2D eigenvalue weighted by Crippen LogP contribution is 2.24. The van der Waals surface area contributed by atoms with Crippen LogP contribution in [0.4, 0.5) is 4.79 Å². The predicted molar refractivity (Wildman–Crippen MR) is 84.2 cm³/mol. The minimum Gasteiger partial charge on any atom is -0.444 e. The van der Waals surface area contributed by atoms with Gasteiger partial charge in [0, 0.05) is 25.7 Å². The molecule has 0 aromatic rings. The van der Waals surface area contributed by atoms with Crippen molar-refractivity contribution in [2.75, 3.05) is 19.7 Å². The van der Waals surface area contributed by atoms with E-state index in [1.807, 2.05) is 27.7 Å². The first kappa shape index (κ1) is 18.2. The fraction of sp³-hybridized carbons (Fsp3) is 0.938. The Morgan fingerprint density at radius 1 is 1.33 bits per heavy atom. The number of carbonyl (C=O) groups is 1. The monoisotopic (exact) mass is 300 g/mol. The standard InChI is InChI=1S/C16H32N2O3/c1-12(11-19)9-17-14-8-6-5-7-13(14)10-18-15(20)21-16(2,3)4/h12-14,17,19H,5-11H2,1-4H3,(H,18,20). The summed E-state index contributed by atoms with van der Waals surface area (Å²) in [4.78, 5) is 11.7. The molecule has 3 atom stereocenters. The second-order valence-electron chi connectivity index (χ2n) is 7.23. The second kappa shape index (κ2) is 8.59. The fourth-order valence-electron chi connectivity index (χ4n) is 2.67. The lowest BCUT2D eigenvalue weighted by molar-refractivity contribution is 0.0510. The molecule has 0 spiro atoms. The Hall–Kier alpha value is -0.810. The van der Waals surface area contributed by atoms with Crippen LogP contribution in [0.5, 0.6) is 0 Å². The first-order valence-electron chi connectivity index (χ1n) is 8.13. The van der Waals surface area contributed by atoms with Crippen LogP contribution in [0.3, 0.4) is 0 Å². The van der Waals surface area contributed by atoms with E-state index in [2.05, 4.69) is 10.6 Å². The van der Waals surface area contributed by atoms with E-state index in [0.29, 0.717) is 18.5 Å². The Kier molecular flexibility index (Phi) is 7.46. The van der Waals surface area contributed by atoms with Crippen LogP contribution in [0.25, 0.3) is 0 Å². The molecule has 124 valence electrons. The normalized spacial score (nSPS) is 24.4. The van der Waals surface area contributed by atoms with E-state index in [1.54, 1.807) is 0 Å². The summed E-state index contributed by atoms with van der Waals surface area (Å²) < 4.78 is 5.28. The van der Waals surface area contributed by atoms with E-state index in [4.69, 9.17) is 9.84 Å². The number of amides is 1. The summed E-state index contributed by atoms with van der Waals surface area (Å²) in [6.07, 6.45) is 4.37. The van der Waals surface area contributed by atoms with Crippen LogP contribution in [0, 0.1) is 11.8 Å². The summed E-state index contributed by atoms with van der Waals surface area (Å²) in [7, 11) is 0. The maximum Gasteiger partial charge on any atom is 0.407 e. The molecule has 0 heterocycles. The van der Waals surface area contributed by atoms with E-state index in [-0.39, 0.29) is 18.6 Å². The number of alkyl carbamates (subject to hydrolysis) is 1. The number of hydrogen-bond acceptors (Lipinski definition) is 4. The van der Waals surface area contributed by atoms with Gasteiger partial charge in [-0.2, -0.15) is 0 Å². The largest absolute Gasteiger partial charge is 0.444 e. The van der Waals surface area contributed by atoms with Crippen molar-refractivity contribution in [1.82, 2.24) is 10.6 Å². The number of aliphatic hydroxyl groups is 1. The molecule has 3 unspecified atom stereocenters. The van der Waals surface area contributed by atoms with Gasteiger partial charge < -0.3 is 20.5 Å². The molecule has 0 aliphatic heterocycles. The van der Waals surface area contributed by atoms with Gasteiger partial charge in [-0.1, -0.05) is 19.8 Å². The smallest absolute Gasteiger partial charge is 0.407 e. The zero-order chi connectivity index (χ0) is 15.9. The Bertz CT molecular complexity index is 315. The lowest BCUT2D eigenvalue weighted by Gasteiger charge is -2.33. The van der Waals surface area contributed by atoms with E-state index >= 15 is 0 Å². The van der Waals surface area contributed by atoms with E-state index in [9.17, 15) is 4.79 Å². The number of nitrogens with one attached hydrogen (secondary N) is 2.